The lowest BCUT2D eigenvalue weighted by Crippen LogP contribution is -2.33. The number of carbonyl (C=O) groups excluding carboxylic acids is 1. The maximum Gasteiger partial charge on any atom is 0.407 e. The summed E-state index contributed by atoms with van der Waals surface area (Å²) < 4.78 is 16.4. The highest BCUT2D eigenvalue weighted by Crippen LogP contribution is 2.13. The molecule has 33 heavy (non-hydrogen) atoms. The second-order valence-electron chi connectivity index (χ2n) is 9.02. The number of unbranched alkanes of at least 4 members (excludes halogenated alkanes) is 1. The van der Waals surface area contributed by atoms with Crippen LogP contribution in [0, 0.1) is 0 Å². The Bertz CT molecular complexity index is 623. The van der Waals surface area contributed by atoms with Crippen molar-refractivity contribution in [2.24, 2.45) is 0 Å². The first kappa shape index (κ1) is 29.5. The van der Waals surface area contributed by atoms with Gasteiger partial charge in [-0.3, -0.25) is 0 Å². The van der Waals surface area contributed by atoms with Gasteiger partial charge in [0.2, 0.25) is 0 Å². The molecule has 0 aliphatic rings. The van der Waals surface area contributed by atoms with E-state index in [-0.39, 0.29) is 6.09 Å². The van der Waals surface area contributed by atoms with E-state index in [1.807, 2.05) is 20.8 Å². The Morgan fingerprint density at radius 3 is 2.09 bits per heavy atom. The molecule has 1 aromatic rings. The number of alkyl halides is 1. The van der Waals surface area contributed by atoms with Crippen LogP contribution < -0.4 is 15.5 Å². The maximum absolute atomic E-state index is 11.5. The van der Waals surface area contributed by atoms with Crippen molar-refractivity contribution in [3.05, 3.63) is 29.8 Å². The number of nitrogens with one attached hydrogen (secondary N) is 2. The van der Waals surface area contributed by atoms with E-state index in [0.717, 1.165) is 65.1 Å². The second kappa shape index (κ2) is 17.9. The Morgan fingerprint density at radius 1 is 0.939 bits per heavy atom. The summed E-state index contributed by atoms with van der Waals surface area (Å²) in [6.45, 7) is 11.6. The molecule has 1 rings (SSSR count). The fraction of sp³-hybridized carbons (Fsp3) is 0.720. The van der Waals surface area contributed by atoms with Crippen LogP contribution in [0.2, 0.25) is 0 Å². The minimum atomic E-state index is -0.464. The van der Waals surface area contributed by atoms with Crippen molar-refractivity contribution in [3.8, 4) is 0 Å². The number of benzene rings is 1. The van der Waals surface area contributed by atoms with Crippen LogP contribution in [-0.2, 0) is 20.8 Å². The molecule has 0 unspecified atom stereocenters. The van der Waals surface area contributed by atoms with E-state index >= 15 is 0 Å². The summed E-state index contributed by atoms with van der Waals surface area (Å²) >= 11 is 5.79. The molecule has 190 valence electrons. The first-order chi connectivity index (χ1) is 15.8. The molecule has 8 heteroatoms. The van der Waals surface area contributed by atoms with Crippen LogP contribution in [0.5, 0.6) is 0 Å². The Labute approximate surface area is 205 Å². The van der Waals surface area contributed by atoms with E-state index in [1.54, 1.807) is 0 Å². The normalized spacial score (nSPS) is 11.4. The van der Waals surface area contributed by atoms with Gasteiger partial charge in [-0.1, -0.05) is 12.1 Å². The third-order valence-electron chi connectivity index (χ3n) is 4.73. The summed E-state index contributed by atoms with van der Waals surface area (Å²) in [5.41, 5.74) is 2.00. The number of ether oxygens (including phenoxy) is 3. The van der Waals surface area contributed by atoms with Crippen LogP contribution in [0.15, 0.2) is 24.3 Å². The van der Waals surface area contributed by atoms with Gasteiger partial charge in [-0.25, -0.2) is 4.79 Å². The summed E-state index contributed by atoms with van der Waals surface area (Å²) in [6.07, 6.45) is 3.37. The largest absolute Gasteiger partial charge is 0.444 e. The number of hydrogen-bond donors (Lipinski definition) is 2. The molecular formula is C25H44ClN3O4. The molecule has 0 atom stereocenters. The Hall–Kier alpha value is -1.54. The first-order valence-corrected chi connectivity index (χ1v) is 12.5. The average Bonchev–Trinajstić information content (AvgIpc) is 2.75. The van der Waals surface area contributed by atoms with E-state index in [2.05, 4.69) is 46.8 Å². The minimum Gasteiger partial charge on any atom is -0.444 e. The highest BCUT2D eigenvalue weighted by Gasteiger charge is 2.15. The Balaban J connectivity index is 1.86. The number of rotatable bonds is 18. The van der Waals surface area contributed by atoms with Crippen molar-refractivity contribution in [3.63, 3.8) is 0 Å². The van der Waals surface area contributed by atoms with Crippen LogP contribution in [-0.4, -0.2) is 70.7 Å². The van der Waals surface area contributed by atoms with Crippen molar-refractivity contribution < 1.29 is 19.0 Å². The molecule has 0 bridgehead atoms. The molecule has 0 aromatic heterocycles. The van der Waals surface area contributed by atoms with Crippen molar-refractivity contribution in [1.29, 1.82) is 0 Å². The number of hydrogen-bond acceptors (Lipinski definition) is 6. The SMILES string of the molecule is CN(CCCl)c1ccc(CNCCCOCCCCOCCCNC(=O)OC(C)(C)C)cc1. The van der Waals surface area contributed by atoms with Gasteiger partial charge < -0.3 is 29.7 Å². The van der Waals surface area contributed by atoms with Gasteiger partial charge in [-0.2, -0.15) is 0 Å². The highest BCUT2D eigenvalue weighted by atomic mass is 35.5. The molecule has 1 amide bonds. The van der Waals surface area contributed by atoms with E-state index in [9.17, 15) is 4.79 Å². The van der Waals surface area contributed by atoms with Crippen molar-refractivity contribution in [2.75, 3.05) is 63.9 Å². The third-order valence-corrected chi connectivity index (χ3v) is 4.90. The molecule has 0 aliphatic heterocycles. The topological polar surface area (TPSA) is 72.1 Å². The van der Waals surface area contributed by atoms with Gasteiger partial charge in [-0.15, -0.1) is 11.6 Å². The number of nitrogens with zero attached hydrogens (tertiary/aromatic N) is 1. The zero-order valence-electron chi connectivity index (χ0n) is 21.0. The number of alkyl carbamates (subject to hydrolysis) is 1. The molecular weight excluding hydrogens is 442 g/mol. The standard InChI is InChI=1S/C25H44ClN3O4/c1-25(2,3)33-24(30)28-15-8-20-32-18-6-5-17-31-19-7-14-27-21-22-9-11-23(12-10-22)29(4)16-13-26/h9-12,27H,5-8,13-21H2,1-4H3,(H,28,30). The first-order valence-electron chi connectivity index (χ1n) is 12.0. The van der Waals surface area contributed by atoms with Gasteiger partial charge in [-0.05, 0) is 70.7 Å². The molecule has 0 saturated heterocycles. The molecule has 0 aliphatic carbocycles. The van der Waals surface area contributed by atoms with Crippen molar-refractivity contribution >= 4 is 23.4 Å². The molecule has 2 N–H and O–H groups in total. The van der Waals surface area contributed by atoms with Crippen LogP contribution in [0.25, 0.3) is 0 Å². The molecule has 7 nitrogen and oxygen atoms in total. The van der Waals surface area contributed by atoms with Crippen LogP contribution in [0.3, 0.4) is 0 Å². The average molecular weight is 486 g/mol. The highest BCUT2D eigenvalue weighted by molar-refractivity contribution is 6.18. The molecule has 0 spiro atoms. The fourth-order valence-electron chi connectivity index (χ4n) is 2.95. The van der Waals surface area contributed by atoms with E-state index in [0.29, 0.717) is 19.0 Å². The quantitative estimate of drug-likeness (QED) is 0.234. The van der Waals surface area contributed by atoms with Gasteiger partial charge in [0.1, 0.15) is 5.60 Å². The van der Waals surface area contributed by atoms with Gasteiger partial charge in [0.05, 0.1) is 0 Å². The predicted molar refractivity (Wildman–Crippen MR) is 136 cm³/mol. The van der Waals surface area contributed by atoms with Gasteiger partial charge in [0.15, 0.2) is 0 Å². The molecule has 0 heterocycles. The number of halogens is 1. The van der Waals surface area contributed by atoms with Gasteiger partial charge >= 0.3 is 6.09 Å². The maximum atomic E-state index is 11.5. The number of amides is 1. The lowest BCUT2D eigenvalue weighted by molar-refractivity contribution is 0.0518. The zero-order chi connectivity index (χ0) is 24.4. The zero-order valence-corrected chi connectivity index (χ0v) is 21.7. The van der Waals surface area contributed by atoms with Crippen LogP contribution in [0.4, 0.5) is 10.5 Å². The van der Waals surface area contributed by atoms with Crippen molar-refractivity contribution in [2.45, 2.75) is 58.6 Å². The lowest BCUT2D eigenvalue weighted by Gasteiger charge is -2.19. The van der Waals surface area contributed by atoms with E-state index < -0.39 is 5.60 Å². The smallest absolute Gasteiger partial charge is 0.407 e. The molecule has 0 radical (unpaired) electrons. The summed E-state index contributed by atoms with van der Waals surface area (Å²) in [6, 6.07) is 8.58. The van der Waals surface area contributed by atoms with Crippen LogP contribution in [0.1, 0.15) is 52.0 Å². The monoisotopic (exact) mass is 485 g/mol. The number of anilines is 1. The summed E-state index contributed by atoms with van der Waals surface area (Å²) in [5.74, 6) is 0.631. The summed E-state index contributed by atoms with van der Waals surface area (Å²) in [5, 5.41) is 6.19. The summed E-state index contributed by atoms with van der Waals surface area (Å²) in [4.78, 5) is 13.6. The van der Waals surface area contributed by atoms with Gasteiger partial charge in [0.25, 0.3) is 0 Å². The van der Waals surface area contributed by atoms with Crippen molar-refractivity contribution in [1.82, 2.24) is 10.6 Å². The molecule has 0 saturated carbocycles. The van der Waals surface area contributed by atoms with Crippen LogP contribution >= 0.6 is 11.6 Å². The summed E-state index contributed by atoms with van der Waals surface area (Å²) in [7, 11) is 2.05. The molecule has 0 fully saturated rings. The second-order valence-corrected chi connectivity index (χ2v) is 9.40. The Morgan fingerprint density at radius 2 is 1.52 bits per heavy atom. The number of carbonyl (C=O) groups is 1. The minimum absolute atomic E-state index is 0.379. The Kier molecular flexibility index (Phi) is 16.0. The van der Waals surface area contributed by atoms with Gasteiger partial charge in [0, 0.05) is 64.7 Å². The fourth-order valence-corrected chi connectivity index (χ4v) is 3.20. The van der Waals surface area contributed by atoms with E-state index in [1.165, 1.54) is 11.3 Å². The third kappa shape index (κ3) is 16.7. The molecule has 1 aromatic carbocycles. The predicted octanol–water partition coefficient (Wildman–Crippen LogP) is 4.57. The lowest BCUT2D eigenvalue weighted by atomic mass is 10.2. The van der Waals surface area contributed by atoms with E-state index in [4.69, 9.17) is 25.8 Å².